The quantitative estimate of drug-likeness (QED) is 0.652. The number of hydrogen-bond donors (Lipinski definition) is 1. The van der Waals surface area contributed by atoms with E-state index in [2.05, 4.69) is 42.5 Å². The van der Waals surface area contributed by atoms with E-state index in [1.165, 1.54) is 5.57 Å². The minimum atomic E-state index is 0.387. The van der Waals surface area contributed by atoms with E-state index in [4.69, 9.17) is 0 Å². The first kappa shape index (κ1) is 10.6. The molecule has 0 aliphatic heterocycles. The predicted molar refractivity (Wildman–Crippen MR) is 64.0 cm³/mol. The van der Waals surface area contributed by atoms with Crippen LogP contribution in [-0.2, 0) is 6.42 Å². The van der Waals surface area contributed by atoms with Crippen molar-refractivity contribution in [2.75, 3.05) is 0 Å². The molecule has 0 fully saturated rings. The van der Waals surface area contributed by atoms with Crippen molar-refractivity contribution in [3.8, 4) is 5.75 Å². The average Bonchev–Trinajstić information content (AvgIpc) is 2.06. The van der Waals surface area contributed by atoms with Crippen LogP contribution < -0.4 is 0 Å². The van der Waals surface area contributed by atoms with E-state index in [0.29, 0.717) is 5.75 Å². The highest BCUT2D eigenvalue weighted by atomic mass is 127. The summed E-state index contributed by atoms with van der Waals surface area (Å²) in [5, 5.41) is 9.52. The lowest BCUT2D eigenvalue weighted by molar-refractivity contribution is 0.469. The van der Waals surface area contributed by atoms with Crippen LogP contribution in [0.1, 0.15) is 19.4 Å². The number of phenolic OH excluding ortho intramolecular Hbond substituents is 1. The van der Waals surface area contributed by atoms with Crippen molar-refractivity contribution in [1.29, 1.82) is 0 Å². The molecule has 70 valence electrons. The maximum atomic E-state index is 9.52. The van der Waals surface area contributed by atoms with E-state index in [1.807, 2.05) is 12.1 Å². The van der Waals surface area contributed by atoms with E-state index in [-0.39, 0.29) is 0 Å². The second kappa shape index (κ2) is 4.65. The van der Waals surface area contributed by atoms with Crippen LogP contribution in [0.3, 0.4) is 0 Å². The second-order valence-corrected chi connectivity index (χ2v) is 4.50. The first-order valence-electron chi connectivity index (χ1n) is 4.20. The van der Waals surface area contributed by atoms with Crippen LogP contribution >= 0.6 is 22.6 Å². The van der Waals surface area contributed by atoms with Gasteiger partial charge in [0.1, 0.15) is 5.75 Å². The van der Waals surface area contributed by atoms with Gasteiger partial charge in [0.05, 0.1) is 0 Å². The Morgan fingerprint density at radius 1 is 1.46 bits per heavy atom. The number of aromatic hydroxyl groups is 1. The van der Waals surface area contributed by atoms with Crippen LogP contribution in [0, 0.1) is 3.57 Å². The van der Waals surface area contributed by atoms with Crippen molar-refractivity contribution in [2.45, 2.75) is 20.3 Å². The van der Waals surface area contributed by atoms with Gasteiger partial charge in [-0.05, 0) is 66.6 Å². The molecular weight excluding hydrogens is 275 g/mol. The Labute approximate surface area is 92.6 Å². The number of phenols is 1. The fourth-order valence-corrected chi connectivity index (χ4v) is 1.59. The van der Waals surface area contributed by atoms with E-state index in [1.54, 1.807) is 6.07 Å². The molecule has 0 radical (unpaired) electrons. The Hall–Kier alpha value is -0.510. The molecule has 0 spiro atoms. The number of allylic oxidation sites excluding steroid dienone is 2. The molecule has 0 aliphatic rings. The number of rotatable bonds is 2. The largest absolute Gasteiger partial charge is 0.508 e. The normalized spacial score (nSPS) is 9.77. The number of halogens is 1. The standard InChI is InChI=1S/C11H13IO/c1-8(2)3-4-9-7-10(12)5-6-11(9)13/h3,5-7,13H,4H2,1-2H3. The SMILES string of the molecule is CC(C)=CCc1cc(I)ccc1O. The van der Waals surface area contributed by atoms with Crippen LogP contribution in [0.25, 0.3) is 0 Å². The molecule has 0 heterocycles. The van der Waals surface area contributed by atoms with Crippen molar-refractivity contribution in [1.82, 2.24) is 0 Å². The molecule has 2 heteroatoms. The van der Waals surface area contributed by atoms with E-state index in [0.717, 1.165) is 15.6 Å². The van der Waals surface area contributed by atoms with Gasteiger partial charge in [-0.25, -0.2) is 0 Å². The molecule has 1 aromatic carbocycles. The van der Waals surface area contributed by atoms with Gasteiger partial charge in [-0.1, -0.05) is 11.6 Å². The summed E-state index contributed by atoms with van der Waals surface area (Å²) in [6.07, 6.45) is 2.93. The Morgan fingerprint density at radius 2 is 2.15 bits per heavy atom. The van der Waals surface area contributed by atoms with Crippen LogP contribution in [-0.4, -0.2) is 5.11 Å². The van der Waals surface area contributed by atoms with E-state index in [9.17, 15) is 5.11 Å². The summed E-state index contributed by atoms with van der Waals surface area (Å²) in [4.78, 5) is 0. The van der Waals surface area contributed by atoms with Crippen LogP contribution in [0.4, 0.5) is 0 Å². The zero-order valence-corrected chi connectivity index (χ0v) is 10.00. The molecule has 1 nitrogen and oxygen atoms in total. The second-order valence-electron chi connectivity index (χ2n) is 3.26. The van der Waals surface area contributed by atoms with Crippen molar-refractivity contribution >= 4 is 22.6 Å². The van der Waals surface area contributed by atoms with Gasteiger partial charge in [0.15, 0.2) is 0 Å². The molecule has 0 atom stereocenters. The molecule has 0 aliphatic carbocycles. The Morgan fingerprint density at radius 3 is 2.77 bits per heavy atom. The summed E-state index contributed by atoms with van der Waals surface area (Å²) >= 11 is 2.25. The third-order valence-electron chi connectivity index (χ3n) is 1.77. The van der Waals surface area contributed by atoms with Gasteiger partial charge in [0.2, 0.25) is 0 Å². The van der Waals surface area contributed by atoms with Crippen molar-refractivity contribution in [2.24, 2.45) is 0 Å². The Balaban J connectivity index is 2.87. The molecule has 0 amide bonds. The summed E-state index contributed by atoms with van der Waals surface area (Å²) in [5.41, 5.74) is 2.27. The zero-order chi connectivity index (χ0) is 9.84. The lowest BCUT2D eigenvalue weighted by Crippen LogP contribution is -1.84. The maximum absolute atomic E-state index is 9.52. The fraction of sp³-hybridized carbons (Fsp3) is 0.273. The topological polar surface area (TPSA) is 20.2 Å². The highest BCUT2D eigenvalue weighted by molar-refractivity contribution is 14.1. The minimum Gasteiger partial charge on any atom is -0.508 e. The molecule has 1 N–H and O–H groups in total. The van der Waals surface area contributed by atoms with Crippen molar-refractivity contribution < 1.29 is 5.11 Å². The third kappa shape index (κ3) is 3.38. The van der Waals surface area contributed by atoms with Gasteiger partial charge in [0.25, 0.3) is 0 Å². The minimum absolute atomic E-state index is 0.387. The van der Waals surface area contributed by atoms with Gasteiger partial charge in [-0.3, -0.25) is 0 Å². The summed E-state index contributed by atoms with van der Waals surface area (Å²) in [7, 11) is 0. The van der Waals surface area contributed by atoms with E-state index < -0.39 is 0 Å². The van der Waals surface area contributed by atoms with Gasteiger partial charge in [-0.2, -0.15) is 0 Å². The molecule has 0 saturated heterocycles. The molecule has 0 unspecified atom stereocenters. The van der Waals surface area contributed by atoms with Gasteiger partial charge in [0, 0.05) is 3.57 Å². The van der Waals surface area contributed by atoms with Gasteiger partial charge in [-0.15, -0.1) is 0 Å². The maximum Gasteiger partial charge on any atom is 0.119 e. The Bertz CT molecular complexity index is 325. The summed E-state index contributed by atoms with van der Waals surface area (Å²) < 4.78 is 1.16. The fourth-order valence-electron chi connectivity index (χ4n) is 1.03. The molecular formula is C11H13IO. The van der Waals surface area contributed by atoms with E-state index >= 15 is 0 Å². The Kier molecular flexibility index (Phi) is 3.78. The van der Waals surface area contributed by atoms with Gasteiger partial charge < -0.3 is 5.11 Å². The van der Waals surface area contributed by atoms with Crippen LogP contribution in [0.2, 0.25) is 0 Å². The molecule has 0 saturated carbocycles. The van der Waals surface area contributed by atoms with Crippen LogP contribution in [0.5, 0.6) is 5.75 Å². The summed E-state index contributed by atoms with van der Waals surface area (Å²) in [6, 6.07) is 5.66. The van der Waals surface area contributed by atoms with Gasteiger partial charge >= 0.3 is 0 Å². The predicted octanol–water partition coefficient (Wildman–Crippen LogP) is 3.51. The lowest BCUT2D eigenvalue weighted by atomic mass is 10.1. The van der Waals surface area contributed by atoms with Crippen LogP contribution in [0.15, 0.2) is 29.8 Å². The lowest BCUT2D eigenvalue weighted by Gasteiger charge is -2.02. The highest BCUT2D eigenvalue weighted by Gasteiger charge is 1.99. The first-order valence-corrected chi connectivity index (χ1v) is 5.28. The number of hydrogen-bond acceptors (Lipinski definition) is 1. The molecule has 13 heavy (non-hydrogen) atoms. The molecule has 1 rings (SSSR count). The molecule has 1 aromatic rings. The average molecular weight is 288 g/mol. The molecule has 0 aromatic heterocycles. The first-order chi connectivity index (χ1) is 6.09. The third-order valence-corrected chi connectivity index (χ3v) is 2.44. The zero-order valence-electron chi connectivity index (χ0n) is 7.84. The van der Waals surface area contributed by atoms with Crippen molar-refractivity contribution in [3.05, 3.63) is 39.0 Å². The number of benzene rings is 1. The molecule has 0 bridgehead atoms. The van der Waals surface area contributed by atoms with Crippen molar-refractivity contribution in [3.63, 3.8) is 0 Å². The monoisotopic (exact) mass is 288 g/mol. The highest BCUT2D eigenvalue weighted by Crippen LogP contribution is 2.20. The summed E-state index contributed by atoms with van der Waals surface area (Å²) in [6.45, 7) is 4.12. The summed E-state index contributed by atoms with van der Waals surface area (Å²) in [5.74, 6) is 0.387. The smallest absolute Gasteiger partial charge is 0.119 e.